The number of hydrogen-bond donors (Lipinski definition) is 1. The van der Waals surface area contributed by atoms with Crippen molar-refractivity contribution in [1.82, 2.24) is 10.2 Å². The van der Waals surface area contributed by atoms with Gasteiger partial charge in [0.2, 0.25) is 5.91 Å². The van der Waals surface area contributed by atoms with Crippen LogP contribution in [0.15, 0.2) is 0 Å². The van der Waals surface area contributed by atoms with Crippen LogP contribution in [0.4, 0.5) is 0 Å². The SMILES string of the molecule is CC1NCN(C2CC3CCC2C3)C1=O. The Hall–Kier alpha value is -0.570. The molecule has 0 aromatic carbocycles. The molecule has 2 bridgehead atoms. The molecular formula is C11H18N2O. The zero-order valence-electron chi connectivity index (χ0n) is 8.70. The molecule has 1 saturated heterocycles. The Bertz CT molecular complexity index is 266. The van der Waals surface area contributed by atoms with E-state index in [1.807, 2.05) is 6.92 Å². The van der Waals surface area contributed by atoms with Crippen molar-refractivity contribution < 1.29 is 4.79 Å². The highest BCUT2D eigenvalue weighted by molar-refractivity contribution is 5.83. The lowest BCUT2D eigenvalue weighted by Gasteiger charge is -2.30. The van der Waals surface area contributed by atoms with Crippen LogP contribution in [0.25, 0.3) is 0 Å². The van der Waals surface area contributed by atoms with E-state index in [4.69, 9.17) is 0 Å². The summed E-state index contributed by atoms with van der Waals surface area (Å²) in [5.41, 5.74) is 0. The predicted octanol–water partition coefficient (Wildman–Crippen LogP) is 0.953. The number of nitrogens with zero attached hydrogens (tertiary/aromatic N) is 1. The lowest BCUT2D eigenvalue weighted by Crippen LogP contribution is -2.41. The van der Waals surface area contributed by atoms with E-state index in [0.717, 1.165) is 18.5 Å². The van der Waals surface area contributed by atoms with Crippen molar-refractivity contribution in [3.8, 4) is 0 Å². The number of carbonyl (C=O) groups is 1. The Morgan fingerprint density at radius 1 is 1.36 bits per heavy atom. The first-order chi connectivity index (χ1) is 6.75. The first-order valence-corrected chi connectivity index (χ1v) is 5.79. The van der Waals surface area contributed by atoms with Crippen LogP contribution in [-0.2, 0) is 4.79 Å². The summed E-state index contributed by atoms with van der Waals surface area (Å²) in [6.45, 7) is 2.75. The highest BCUT2D eigenvalue weighted by atomic mass is 16.2. The second-order valence-electron chi connectivity index (χ2n) is 5.13. The maximum atomic E-state index is 11.8. The molecule has 4 unspecified atom stereocenters. The fourth-order valence-corrected chi connectivity index (χ4v) is 3.52. The molecule has 3 fully saturated rings. The van der Waals surface area contributed by atoms with Crippen molar-refractivity contribution in [2.75, 3.05) is 6.67 Å². The van der Waals surface area contributed by atoms with Gasteiger partial charge in [-0.25, -0.2) is 0 Å². The fraction of sp³-hybridized carbons (Fsp3) is 0.909. The van der Waals surface area contributed by atoms with Crippen LogP contribution in [-0.4, -0.2) is 29.6 Å². The average Bonchev–Trinajstić information content (AvgIpc) is 2.84. The van der Waals surface area contributed by atoms with E-state index in [9.17, 15) is 4.79 Å². The molecule has 4 atom stereocenters. The zero-order chi connectivity index (χ0) is 9.71. The molecule has 0 radical (unpaired) electrons. The summed E-state index contributed by atoms with van der Waals surface area (Å²) in [7, 11) is 0. The Balaban J connectivity index is 1.75. The molecule has 1 amide bonds. The lowest BCUT2D eigenvalue weighted by atomic mass is 9.94. The minimum absolute atomic E-state index is 0.0501. The highest BCUT2D eigenvalue weighted by Crippen LogP contribution is 2.46. The van der Waals surface area contributed by atoms with E-state index < -0.39 is 0 Å². The average molecular weight is 194 g/mol. The molecule has 14 heavy (non-hydrogen) atoms. The van der Waals surface area contributed by atoms with Crippen molar-refractivity contribution in [2.45, 2.75) is 44.7 Å². The van der Waals surface area contributed by atoms with Crippen LogP contribution >= 0.6 is 0 Å². The third-order valence-corrected chi connectivity index (χ3v) is 4.32. The van der Waals surface area contributed by atoms with Gasteiger partial charge in [-0.2, -0.15) is 0 Å². The van der Waals surface area contributed by atoms with Gasteiger partial charge in [0.25, 0.3) is 0 Å². The van der Waals surface area contributed by atoms with Crippen LogP contribution in [0.1, 0.15) is 32.6 Å². The van der Waals surface area contributed by atoms with E-state index in [1.54, 1.807) is 0 Å². The Kier molecular flexibility index (Phi) is 1.84. The molecule has 3 heteroatoms. The normalized spacial score (nSPS) is 46.6. The second kappa shape index (κ2) is 2.96. The molecule has 1 aliphatic heterocycles. The van der Waals surface area contributed by atoms with Crippen molar-refractivity contribution in [1.29, 1.82) is 0 Å². The van der Waals surface area contributed by atoms with Gasteiger partial charge in [-0.3, -0.25) is 10.1 Å². The van der Waals surface area contributed by atoms with Gasteiger partial charge in [0.15, 0.2) is 0 Å². The van der Waals surface area contributed by atoms with Crippen LogP contribution in [0.5, 0.6) is 0 Å². The number of hydrogen-bond acceptors (Lipinski definition) is 2. The van der Waals surface area contributed by atoms with E-state index in [2.05, 4.69) is 10.2 Å². The van der Waals surface area contributed by atoms with Crippen molar-refractivity contribution in [3.63, 3.8) is 0 Å². The first kappa shape index (κ1) is 8.72. The number of carbonyl (C=O) groups excluding carboxylic acids is 1. The van der Waals surface area contributed by atoms with Gasteiger partial charge in [-0.1, -0.05) is 6.42 Å². The number of rotatable bonds is 1. The summed E-state index contributed by atoms with van der Waals surface area (Å²) >= 11 is 0. The monoisotopic (exact) mass is 194 g/mol. The quantitative estimate of drug-likeness (QED) is 0.674. The van der Waals surface area contributed by atoms with E-state index in [1.165, 1.54) is 25.7 Å². The van der Waals surface area contributed by atoms with Crippen molar-refractivity contribution in [3.05, 3.63) is 0 Å². The van der Waals surface area contributed by atoms with Gasteiger partial charge < -0.3 is 4.90 Å². The molecular weight excluding hydrogens is 176 g/mol. The molecule has 0 aromatic heterocycles. The van der Waals surface area contributed by atoms with E-state index in [0.29, 0.717) is 11.9 Å². The summed E-state index contributed by atoms with van der Waals surface area (Å²) in [5.74, 6) is 2.06. The highest BCUT2D eigenvalue weighted by Gasteiger charge is 2.45. The van der Waals surface area contributed by atoms with Crippen molar-refractivity contribution in [2.24, 2.45) is 11.8 Å². The third kappa shape index (κ3) is 1.11. The summed E-state index contributed by atoms with van der Waals surface area (Å²) in [6, 6.07) is 0.618. The molecule has 0 aromatic rings. The fourth-order valence-electron chi connectivity index (χ4n) is 3.52. The maximum absolute atomic E-state index is 11.8. The number of nitrogens with one attached hydrogen (secondary N) is 1. The van der Waals surface area contributed by atoms with Crippen molar-refractivity contribution >= 4 is 5.91 Å². The zero-order valence-corrected chi connectivity index (χ0v) is 8.70. The summed E-state index contributed by atoms with van der Waals surface area (Å²) in [6.07, 6.45) is 5.41. The second-order valence-corrected chi connectivity index (χ2v) is 5.13. The largest absolute Gasteiger partial charge is 0.325 e. The Morgan fingerprint density at radius 2 is 2.21 bits per heavy atom. The van der Waals surface area contributed by atoms with Crippen LogP contribution in [0, 0.1) is 11.8 Å². The molecule has 2 saturated carbocycles. The summed E-state index contributed by atoms with van der Waals surface area (Å²) in [4.78, 5) is 13.9. The van der Waals surface area contributed by atoms with E-state index in [-0.39, 0.29) is 6.04 Å². The van der Waals surface area contributed by atoms with Crippen LogP contribution in [0.2, 0.25) is 0 Å². The first-order valence-electron chi connectivity index (χ1n) is 5.79. The Labute approximate surface area is 84.8 Å². The lowest BCUT2D eigenvalue weighted by molar-refractivity contribution is -0.131. The molecule has 78 valence electrons. The van der Waals surface area contributed by atoms with Gasteiger partial charge >= 0.3 is 0 Å². The Morgan fingerprint density at radius 3 is 2.71 bits per heavy atom. The molecule has 2 aliphatic carbocycles. The minimum Gasteiger partial charge on any atom is -0.325 e. The van der Waals surface area contributed by atoms with Gasteiger partial charge in [-0.15, -0.1) is 0 Å². The smallest absolute Gasteiger partial charge is 0.240 e. The molecule has 3 aliphatic rings. The summed E-state index contributed by atoms with van der Waals surface area (Å²) in [5, 5.41) is 3.23. The van der Waals surface area contributed by atoms with Gasteiger partial charge in [0, 0.05) is 6.04 Å². The molecule has 1 heterocycles. The van der Waals surface area contributed by atoms with Crippen LogP contribution < -0.4 is 5.32 Å². The number of amides is 1. The summed E-state index contributed by atoms with van der Waals surface area (Å²) < 4.78 is 0. The van der Waals surface area contributed by atoms with Gasteiger partial charge in [-0.05, 0) is 38.0 Å². The van der Waals surface area contributed by atoms with Crippen LogP contribution in [0.3, 0.4) is 0 Å². The van der Waals surface area contributed by atoms with E-state index >= 15 is 0 Å². The standard InChI is InChI=1S/C11H18N2O/c1-7-11(14)13(6-12-7)10-5-8-2-3-9(10)4-8/h7-10,12H,2-6H2,1H3. The predicted molar refractivity (Wildman–Crippen MR) is 53.5 cm³/mol. The maximum Gasteiger partial charge on any atom is 0.240 e. The molecule has 3 nitrogen and oxygen atoms in total. The molecule has 1 N–H and O–H groups in total. The van der Waals surface area contributed by atoms with Gasteiger partial charge in [0.1, 0.15) is 0 Å². The molecule has 0 spiro atoms. The minimum atomic E-state index is 0.0501. The third-order valence-electron chi connectivity index (χ3n) is 4.32. The number of fused-ring (bicyclic) bond motifs is 2. The molecule has 3 rings (SSSR count). The van der Waals surface area contributed by atoms with Gasteiger partial charge in [0.05, 0.1) is 12.7 Å². The topological polar surface area (TPSA) is 32.3 Å².